The molecule has 3 saturated carbocycles. The van der Waals surface area contributed by atoms with Crippen molar-refractivity contribution in [2.75, 3.05) is 6.61 Å². The third-order valence-corrected chi connectivity index (χ3v) is 9.79. The number of aliphatic hydroxyl groups is 2. The van der Waals surface area contributed by atoms with Crippen LogP contribution in [0.15, 0.2) is 23.8 Å². The number of alkyl halides is 2. The minimum Gasteiger partial charge on any atom is -0.457 e. The van der Waals surface area contributed by atoms with Crippen LogP contribution in [0.4, 0.5) is 4.39 Å². The zero-order valence-corrected chi connectivity index (χ0v) is 21.9. The van der Waals surface area contributed by atoms with E-state index in [4.69, 9.17) is 4.74 Å². The molecule has 0 aliphatic heterocycles. The fourth-order valence-electron chi connectivity index (χ4n) is 7.55. The second kappa shape index (κ2) is 7.81. The normalized spacial score (nSPS) is 45.7. The van der Waals surface area contributed by atoms with Gasteiger partial charge in [-0.25, -0.2) is 4.39 Å². The summed E-state index contributed by atoms with van der Waals surface area (Å²) in [4.78, 5) is 37.5. The number of hydrogen-bond acceptors (Lipinski definition) is 6. The minimum absolute atomic E-state index is 0.111. The lowest BCUT2D eigenvalue weighted by atomic mass is 9.44. The van der Waals surface area contributed by atoms with Crippen molar-refractivity contribution in [2.24, 2.45) is 28.6 Å². The number of allylic oxidation sites excluding steroid dienone is 4. The van der Waals surface area contributed by atoms with Gasteiger partial charge in [-0.05, 0) is 70.4 Å². The molecule has 0 saturated heterocycles. The molecule has 0 aromatic rings. The van der Waals surface area contributed by atoms with E-state index < -0.39 is 62.7 Å². The third-order valence-electron chi connectivity index (χ3n) is 9.47. The van der Waals surface area contributed by atoms with Crippen molar-refractivity contribution in [1.29, 1.82) is 0 Å². The number of carbonyl (C=O) groups excluding carboxylic acids is 3. The van der Waals surface area contributed by atoms with E-state index >= 15 is 4.39 Å². The van der Waals surface area contributed by atoms with E-state index in [9.17, 15) is 24.6 Å². The Labute approximate surface area is 208 Å². The number of fused-ring (bicyclic) bond motifs is 5. The number of ether oxygens (including phenoxy) is 1. The van der Waals surface area contributed by atoms with E-state index in [0.29, 0.717) is 24.8 Å². The van der Waals surface area contributed by atoms with Crippen LogP contribution in [-0.4, -0.2) is 56.1 Å². The largest absolute Gasteiger partial charge is 0.457 e. The molecule has 34 heavy (non-hydrogen) atoms. The minimum atomic E-state index is -2.03. The first-order chi connectivity index (χ1) is 15.5. The van der Waals surface area contributed by atoms with Crippen molar-refractivity contribution in [1.82, 2.24) is 0 Å². The van der Waals surface area contributed by atoms with Crippen molar-refractivity contribution < 1.29 is 33.7 Å². The monoisotopic (exact) mass is 540 g/mol. The van der Waals surface area contributed by atoms with E-state index in [0.717, 1.165) is 0 Å². The predicted molar refractivity (Wildman–Crippen MR) is 127 cm³/mol. The van der Waals surface area contributed by atoms with Crippen LogP contribution in [0.1, 0.15) is 60.3 Å². The Balaban J connectivity index is 1.69. The van der Waals surface area contributed by atoms with Gasteiger partial charge in [0.25, 0.3) is 0 Å². The third kappa shape index (κ3) is 3.20. The maximum Gasteiger partial charge on any atom is 0.322 e. The zero-order chi connectivity index (χ0) is 25.5. The molecule has 4 rings (SSSR count). The van der Waals surface area contributed by atoms with Crippen molar-refractivity contribution in [3.8, 4) is 0 Å². The summed E-state index contributed by atoms with van der Waals surface area (Å²) in [6.45, 7) is 7.86. The van der Waals surface area contributed by atoms with Crippen LogP contribution >= 0.6 is 15.9 Å². The first-order valence-electron chi connectivity index (χ1n) is 12.0. The molecule has 188 valence electrons. The molecule has 6 nitrogen and oxygen atoms in total. The maximum absolute atomic E-state index is 17.1. The highest BCUT2D eigenvalue weighted by Gasteiger charge is 2.75. The molecule has 0 bridgehead atoms. The number of ketones is 2. The van der Waals surface area contributed by atoms with Gasteiger partial charge in [0.1, 0.15) is 9.93 Å². The molecule has 3 fully saturated rings. The van der Waals surface area contributed by atoms with E-state index in [1.807, 2.05) is 0 Å². The first-order valence-corrected chi connectivity index (χ1v) is 12.8. The molecular weight excluding hydrogens is 507 g/mol. The summed E-state index contributed by atoms with van der Waals surface area (Å²) in [6, 6.07) is 0. The van der Waals surface area contributed by atoms with E-state index in [2.05, 4.69) is 15.9 Å². The first kappa shape index (κ1) is 25.7. The number of Topliss-reactive ketones (excluding diaryl/α,β-unsaturated/α-hetero) is 1. The average molecular weight is 541 g/mol. The lowest BCUT2D eigenvalue weighted by molar-refractivity contribution is -0.220. The summed E-state index contributed by atoms with van der Waals surface area (Å²) in [6.07, 6.45) is 4.22. The van der Waals surface area contributed by atoms with Gasteiger partial charge in [-0.3, -0.25) is 14.4 Å². The van der Waals surface area contributed by atoms with Gasteiger partial charge in [0.05, 0.1) is 6.10 Å². The number of aliphatic hydroxyl groups excluding tert-OH is 1. The molecule has 0 radical (unpaired) electrons. The highest BCUT2D eigenvalue weighted by molar-refractivity contribution is 9.10. The van der Waals surface area contributed by atoms with Crippen molar-refractivity contribution in [3.63, 3.8) is 0 Å². The second-order valence-electron chi connectivity index (χ2n) is 11.6. The molecule has 0 heterocycles. The van der Waals surface area contributed by atoms with Crippen LogP contribution in [0.25, 0.3) is 0 Å². The van der Waals surface area contributed by atoms with Gasteiger partial charge in [0.2, 0.25) is 5.78 Å². The van der Waals surface area contributed by atoms with Crippen molar-refractivity contribution in [2.45, 2.75) is 82.0 Å². The Kier molecular flexibility index (Phi) is 5.90. The fourth-order valence-corrected chi connectivity index (χ4v) is 7.67. The average Bonchev–Trinajstić information content (AvgIpc) is 2.94. The Hall–Kier alpha value is -1.38. The molecule has 2 N–H and O–H groups in total. The molecule has 0 aromatic heterocycles. The summed E-state index contributed by atoms with van der Waals surface area (Å²) < 4.78 is 21.3. The molecule has 8 unspecified atom stereocenters. The van der Waals surface area contributed by atoms with Gasteiger partial charge in [0.15, 0.2) is 18.1 Å². The van der Waals surface area contributed by atoms with Gasteiger partial charge >= 0.3 is 5.97 Å². The standard InChI is InChI=1S/C26H34BrFO6/c1-14-10-18-17-7-6-15-11-16(29)8-9-23(15,4)25(17,28)19(30)12-24(18,5)26(14,33)20(31)13-34-21(32)22(2,3)27/h8-9,11,14,17-19,30,33H,6-7,10,12-13H2,1-5H3. The highest BCUT2D eigenvalue weighted by atomic mass is 79.9. The van der Waals surface area contributed by atoms with Crippen LogP contribution in [0, 0.1) is 28.6 Å². The van der Waals surface area contributed by atoms with Crippen molar-refractivity contribution in [3.05, 3.63) is 23.8 Å². The van der Waals surface area contributed by atoms with Crippen molar-refractivity contribution >= 4 is 33.5 Å². The van der Waals surface area contributed by atoms with Gasteiger partial charge in [-0.1, -0.05) is 41.4 Å². The smallest absolute Gasteiger partial charge is 0.322 e. The Bertz CT molecular complexity index is 1000. The summed E-state index contributed by atoms with van der Waals surface area (Å²) in [5.41, 5.74) is -5.44. The van der Waals surface area contributed by atoms with Crippen LogP contribution in [0.2, 0.25) is 0 Å². The molecular formula is C26H34BrFO6. The molecule has 0 amide bonds. The molecule has 4 aliphatic rings. The van der Waals surface area contributed by atoms with Crippen LogP contribution in [0.5, 0.6) is 0 Å². The Morgan fingerprint density at radius 2 is 1.94 bits per heavy atom. The van der Waals surface area contributed by atoms with E-state index in [-0.39, 0.29) is 18.1 Å². The molecule has 8 heteroatoms. The lowest BCUT2D eigenvalue weighted by Crippen LogP contribution is -2.69. The number of halogens is 2. The van der Waals surface area contributed by atoms with Crippen LogP contribution in [0.3, 0.4) is 0 Å². The SMILES string of the molecule is CC1CC2C3CCC4=CC(=O)C=CC4(C)C3(F)C(O)CC2(C)C1(O)C(=O)COC(=O)C(C)(C)Br. The van der Waals surface area contributed by atoms with Gasteiger partial charge in [-0.2, -0.15) is 0 Å². The number of rotatable bonds is 4. The van der Waals surface area contributed by atoms with Gasteiger partial charge < -0.3 is 14.9 Å². The summed E-state index contributed by atoms with van der Waals surface area (Å²) >= 11 is 3.20. The summed E-state index contributed by atoms with van der Waals surface area (Å²) in [5.74, 6) is -2.90. The number of esters is 1. The maximum atomic E-state index is 17.1. The number of carbonyl (C=O) groups is 3. The molecule has 8 atom stereocenters. The van der Waals surface area contributed by atoms with Crippen LogP contribution < -0.4 is 0 Å². The highest BCUT2D eigenvalue weighted by Crippen LogP contribution is 2.70. The Morgan fingerprint density at radius 3 is 2.56 bits per heavy atom. The van der Waals surface area contributed by atoms with E-state index in [1.54, 1.807) is 40.7 Å². The number of hydrogen-bond donors (Lipinski definition) is 2. The summed E-state index contributed by atoms with van der Waals surface area (Å²) in [5, 5.41) is 23.2. The fraction of sp³-hybridized carbons (Fsp3) is 0.731. The summed E-state index contributed by atoms with van der Waals surface area (Å²) in [7, 11) is 0. The van der Waals surface area contributed by atoms with Gasteiger partial charge in [0, 0.05) is 16.7 Å². The lowest BCUT2D eigenvalue weighted by Gasteiger charge is -2.62. The van der Waals surface area contributed by atoms with Crippen LogP contribution in [-0.2, 0) is 19.1 Å². The Morgan fingerprint density at radius 1 is 1.29 bits per heavy atom. The quantitative estimate of drug-likeness (QED) is 0.417. The predicted octanol–water partition coefficient (Wildman–Crippen LogP) is 3.62. The molecule has 0 aromatic carbocycles. The molecule has 0 spiro atoms. The zero-order valence-electron chi connectivity index (χ0n) is 20.4. The van der Waals surface area contributed by atoms with E-state index in [1.165, 1.54) is 12.2 Å². The molecule has 4 aliphatic carbocycles. The topological polar surface area (TPSA) is 101 Å². The van der Waals surface area contributed by atoms with Gasteiger partial charge in [-0.15, -0.1) is 0 Å². The second-order valence-corrected chi connectivity index (χ2v) is 13.6.